The molecule has 2 amide bonds. The molecule has 1 fully saturated rings. The van der Waals surface area contributed by atoms with Crippen molar-refractivity contribution in [3.63, 3.8) is 0 Å². The van der Waals surface area contributed by atoms with Gasteiger partial charge in [-0.05, 0) is 49.4 Å². The minimum atomic E-state index is 0.0797. The number of fused-ring (bicyclic) bond motifs is 1. The lowest BCUT2D eigenvalue weighted by atomic mass is 9.86. The first-order valence-electron chi connectivity index (χ1n) is 8.38. The fourth-order valence-electron chi connectivity index (χ4n) is 3.68. The Morgan fingerprint density at radius 1 is 1.29 bits per heavy atom. The lowest BCUT2D eigenvalue weighted by molar-refractivity contribution is 0.198. The third-order valence-electron chi connectivity index (χ3n) is 4.79. The average molecular weight is 294 g/mol. The number of hydrogen-bond acceptors (Lipinski definition) is 2. The highest BCUT2D eigenvalue weighted by atomic mass is 16.3. The number of carbonyl (C=O) groups excluding carboxylic acids is 1. The molecule has 0 aromatic heterocycles. The Bertz CT molecular complexity index is 352. The summed E-state index contributed by atoms with van der Waals surface area (Å²) in [6, 6.07) is 0.0797. The van der Waals surface area contributed by atoms with Crippen LogP contribution >= 0.6 is 0 Å². The molecule has 0 spiro atoms. The topological polar surface area (TPSA) is 52.6 Å². The number of amides is 2. The summed E-state index contributed by atoms with van der Waals surface area (Å²) in [5.74, 6) is 2.29. The van der Waals surface area contributed by atoms with E-state index in [9.17, 15) is 4.79 Å². The van der Waals surface area contributed by atoms with Crippen LogP contribution in [-0.2, 0) is 0 Å². The molecule has 1 aliphatic carbocycles. The number of nitrogens with zero attached hydrogens (tertiary/aromatic N) is 1. The molecule has 0 radical (unpaired) electrons. The number of urea groups is 1. The fourth-order valence-corrected chi connectivity index (χ4v) is 3.68. The molecule has 1 aliphatic heterocycles. The molecule has 3 atom stereocenters. The summed E-state index contributed by atoms with van der Waals surface area (Å²) in [7, 11) is 0. The molecule has 1 saturated heterocycles. The molecule has 4 heteroatoms. The van der Waals surface area contributed by atoms with E-state index >= 15 is 0 Å². The molecule has 2 rings (SSSR count). The van der Waals surface area contributed by atoms with Crippen LogP contribution in [0.1, 0.15) is 39.5 Å². The van der Waals surface area contributed by atoms with Crippen LogP contribution in [0.25, 0.3) is 0 Å². The second kappa shape index (κ2) is 7.83. The first-order chi connectivity index (χ1) is 10.1. The SMILES string of the molecule is CC(C)C[C@H](CCO)CNC(=O)N1C[C@@H]2CC=CC[C@H]2C1. The highest BCUT2D eigenvalue weighted by Gasteiger charge is 2.35. The Labute approximate surface area is 128 Å². The summed E-state index contributed by atoms with van der Waals surface area (Å²) in [4.78, 5) is 14.3. The van der Waals surface area contributed by atoms with Gasteiger partial charge in [0.05, 0.1) is 0 Å². The van der Waals surface area contributed by atoms with E-state index in [2.05, 4.69) is 31.3 Å². The summed E-state index contributed by atoms with van der Waals surface area (Å²) in [5.41, 5.74) is 0. The number of likely N-dealkylation sites (tertiary alicyclic amines) is 1. The predicted molar refractivity (Wildman–Crippen MR) is 85.0 cm³/mol. The van der Waals surface area contributed by atoms with Crippen molar-refractivity contribution in [1.82, 2.24) is 10.2 Å². The van der Waals surface area contributed by atoms with Crippen LogP contribution < -0.4 is 5.32 Å². The largest absolute Gasteiger partial charge is 0.396 e. The van der Waals surface area contributed by atoms with Gasteiger partial charge < -0.3 is 15.3 Å². The van der Waals surface area contributed by atoms with Crippen LogP contribution in [0.3, 0.4) is 0 Å². The Morgan fingerprint density at radius 3 is 2.43 bits per heavy atom. The normalized spacial score (nSPS) is 26.0. The molecular formula is C17H30N2O2. The van der Waals surface area contributed by atoms with Crippen LogP contribution in [0.4, 0.5) is 4.79 Å². The molecule has 0 unspecified atom stereocenters. The summed E-state index contributed by atoms with van der Waals surface area (Å²) in [5, 5.41) is 12.2. The summed E-state index contributed by atoms with van der Waals surface area (Å²) < 4.78 is 0. The maximum atomic E-state index is 12.3. The first-order valence-corrected chi connectivity index (χ1v) is 8.38. The van der Waals surface area contributed by atoms with Crippen molar-refractivity contribution in [2.24, 2.45) is 23.7 Å². The third-order valence-corrected chi connectivity index (χ3v) is 4.79. The average Bonchev–Trinajstić information content (AvgIpc) is 2.88. The second-order valence-corrected chi connectivity index (χ2v) is 7.06. The van der Waals surface area contributed by atoms with Gasteiger partial charge in [-0.2, -0.15) is 0 Å². The van der Waals surface area contributed by atoms with E-state index in [4.69, 9.17) is 5.11 Å². The van der Waals surface area contributed by atoms with Crippen molar-refractivity contribution in [3.8, 4) is 0 Å². The fraction of sp³-hybridized carbons (Fsp3) is 0.824. The number of aliphatic hydroxyl groups excluding tert-OH is 1. The highest BCUT2D eigenvalue weighted by Crippen LogP contribution is 2.32. The predicted octanol–water partition coefficient (Wildman–Crippen LogP) is 2.64. The molecule has 0 aromatic rings. The standard InChI is InChI=1S/C17H30N2O2/c1-13(2)9-14(7-8-20)10-18-17(21)19-11-15-5-3-4-6-16(15)12-19/h3-4,13-16,20H,5-12H2,1-2H3,(H,18,21)/t14-,15-,16-/m0/s1. The van der Waals surface area contributed by atoms with Crippen LogP contribution in [0.2, 0.25) is 0 Å². The monoisotopic (exact) mass is 294 g/mol. The number of rotatable bonds is 6. The summed E-state index contributed by atoms with van der Waals surface area (Å²) >= 11 is 0. The maximum absolute atomic E-state index is 12.3. The Morgan fingerprint density at radius 2 is 1.90 bits per heavy atom. The lowest BCUT2D eigenvalue weighted by Gasteiger charge is -2.22. The summed E-state index contributed by atoms with van der Waals surface area (Å²) in [6.07, 6.45) is 8.57. The molecule has 21 heavy (non-hydrogen) atoms. The zero-order valence-corrected chi connectivity index (χ0v) is 13.4. The minimum Gasteiger partial charge on any atom is -0.396 e. The van der Waals surface area contributed by atoms with Gasteiger partial charge in [0, 0.05) is 26.2 Å². The van der Waals surface area contributed by atoms with E-state index in [1.165, 1.54) is 0 Å². The van der Waals surface area contributed by atoms with Gasteiger partial charge >= 0.3 is 6.03 Å². The number of allylic oxidation sites excluding steroid dienone is 2. The minimum absolute atomic E-state index is 0.0797. The second-order valence-electron chi connectivity index (χ2n) is 7.06. The molecular weight excluding hydrogens is 264 g/mol. The molecule has 0 saturated carbocycles. The van der Waals surface area contributed by atoms with Crippen molar-refractivity contribution in [2.45, 2.75) is 39.5 Å². The van der Waals surface area contributed by atoms with Crippen molar-refractivity contribution in [2.75, 3.05) is 26.2 Å². The number of nitrogens with one attached hydrogen (secondary N) is 1. The third kappa shape index (κ3) is 4.73. The molecule has 1 heterocycles. The maximum Gasteiger partial charge on any atom is 0.317 e. The van der Waals surface area contributed by atoms with E-state index in [-0.39, 0.29) is 12.6 Å². The van der Waals surface area contributed by atoms with Gasteiger partial charge in [-0.15, -0.1) is 0 Å². The van der Waals surface area contributed by atoms with Crippen molar-refractivity contribution in [3.05, 3.63) is 12.2 Å². The van der Waals surface area contributed by atoms with E-state index < -0.39 is 0 Å². The van der Waals surface area contributed by atoms with E-state index in [1.807, 2.05) is 4.90 Å². The molecule has 0 aromatic carbocycles. The molecule has 2 N–H and O–H groups in total. The molecule has 120 valence electrons. The number of aliphatic hydroxyl groups is 1. The molecule has 2 aliphatic rings. The van der Waals surface area contributed by atoms with Crippen LogP contribution in [0, 0.1) is 23.7 Å². The zero-order chi connectivity index (χ0) is 15.2. The Kier molecular flexibility index (Phi) is 6.09. The van der Waals surface area contributed by atoms with Gasteiger partial charge in [0.2, 0.25) is 0 Å². The van der Waals surface area contributed by atoms with Gasteiger partial charge in [-0.3, -0.25) is 0 Å². The van der Waals surface area contributed by atoms with E-state index in [1.54, 1.807) is 0 Å². The van der Waals surface area contributed by atoms with Crippen LogP contribution in [0.15, 0.2) is 12.2 Å². The number of carbonyl (C=O) groups is 1. The van der Waals surface area contributed by atoms with Gasteiger partial charge in [-0.1, -0.05) is 26.0 Å². The molecule has 4 nitrogen and oxygen atoms in total. The quantitative estimate of drug-likeness (QED) is 0.740. The van der Waals surface area contributed by atoms with Crippen molar-refractivity contribution in [1.29, 1.82) is 0 Å². The number of hydrogen-bond donors (Lipinski definition) is 2. The van der Waals surface area contributed by atoms with Gasteiger partial charge in [0.25, 0.3) is 0 Å². The Balaban J connectivity index is 1.76. The van der Waals surface area contributed by atoms with Gasteiger partial charge in [0.1, 0.15) is 0 Å². The van der Waals surface area contributed by atoms with Crippen LogP contribution in [0.5, 0.6) is 0 Å². The first kappa shape index (κ1) is 16.3. The van der Waals surface area contributed by atoms with Crippen LogP contribution in [-0.4, -0.2) is 42.3 Å². The lowest BCUT2D eigenvalue weighted by Crippen LogP contribution is -2.41. The van der Waals surface area contributed by atoms with Gasteiger partial charge in [0.15, 0.2) is 0 Å². The van der Waals surface area contributed by atoms with E-state index in [0.717, 1.165) is 38.8 Å². The van der Waals surface area contributed by atoms with E-state index in [0.29, 0.717) is 30.2 Å². The smallest absolute Gasteiger partial charge is 0.317 e. The van der Waals surface area contributed by atoms with Crippen molar-refractivity contribution < 1.29 is 9.90 Å². The highest BCUT2D eigenvalue weighted by molar-refractivity contribution is 5.74. The van der Waals surface area contributed by atoms with Crippen molar-refractivity contribution >= 4 is 6.03 Å². The zero-order valence-electron chi connectivity index (χ0n) is 13.4. The molecule has 0 bridgehead atoms. The Hall–Kier alpha value is -1.03. The van der Waals surface area contributed by atoms with Gasteiger partial charge in [-0.25, -0.2) is 4.79 Å². The summed E-state index contributed by atoms with van der Waals surface area (Å²) in [6.45, 7) is 7.05.